The molecule has 1 amide bonds. The van der Waals surface area contributed by atoms with E-state index in [1.54, 1.807) is 12.1 Å². The minimum Gasteiger partial charge on any atom is -0.466 e. The second-order valence-electron chi connectivity index (χ2n) is 8.15. The summed E-state index contributed by atoms with van der Waals surface area (Å²) in [5.41, 5.74) is 2.53. The van der Waals surface area contributed by atoms with Crippen molar-refractivity contribution in [2.75, 3.05) is 11.9 Å². The predicted octanol–water partition coefficient (Wildman–Crippen LogP) is 3.93. The van der Waals surface area contributed by atoms with Gasteiger partial charge in [0.2, 0.25) is 15.9 Å². The largest absolute Gasteiger partial charge is 0.466 e. The SMILES string of the molecule is O=C(CCC(=O)OCCCc1ccccc1)NC(=S)Nc1ccc(S(=O)(=O)NCc2ccccc2)cc1. The van der Waals surface area contributed by atoms with Crippen LogP contribution in [0.25, 0.3) is 0 Å². The Labute approximate surface area is 222 Å². The van der Waals surface area contributed by atoms with E-state index in [0.717, 1.165) is 12.0 Å². The van der Waals surface area contributed by atoms with Crippen LogP contribution in [0, 0.1) is 0 Å². The molecule has 0 atom stereocenters. The number of carbonyl (C=O) groups is 2. The quantitative estimate of drug-likeness (QED) is 0.182. The normalized spacial score (nSPS) is 10.9. The number of ether oxygens (including phenoxy) is 1. The lowest BCUT2D eigenvalue weighted by molar-refractivity contribution is -0.145. The molecule has 3 N–H and O–H groups in total. The van der Waals surface area contributed by atoms with Crippen LogP contribution in [0.1, 0.15) is 30.4 Å². The van der Waals surface area contributed by atoms with Crippen LogP contribution >= 0.6 is 12.2 Å². The summed E-state index contributed by atoms with van der Waals surface area (Å²) in [5, 5.41) is 5.36. The molecule has 8 nitrogen and oxygen atoms in total. The molecule has 0 saturated carbocycles. The average Bonchev–Trinajstić information content (AvgIpc) is 2.90. The average molecular weight is 540 g/mol. The molecule has 194 valence electrons. The van der Waals surface area contributed by atoms with Gasteiger partial charge in [0.05, 0.1) is 17.9 Å². The third-order valence-electron chi connectivity index (χ3n) is 5.26. The fraction of sp³-hybridized carbons (Fsp3) is 0.222. The minimum absolute atomic E-state index is 0.0408. The summed E-state index contributed by atoms with van der Waals surface area (Å²) in [6.07, 6.45) is 1.40. The van der Waals surface area contributed by atoms with E-state index < -0.39 is 21.9 Å². The Morgan fingerprint density at radius 3 is 2.08 bits per heavy atom. The first-order valence-corrected chi connectivity index (χ1v) is 13.6. The van der Waals surface area contributed by atoms with Gasteiger partial charge in [-0.1, -0.05) is 60.7 Å². The second-order valence-corrected chi connectivity index (χ2v) is 10.3. The molecule has 0 radical (unpaired) electrons. The van der Waals surface area contributed by atoms with Gasteiger partial charge < -0.3 is 15.4 Å². The van der Waals surface area contributed by atoms with Crippen LogP contribution in [0.3, 0.4) is 0 Å². The molecule has 10 heteroatoms. The van der Waals surface area contributed by atoms with Crippen molar-refractivity contribution < 1.29 is 22.7 Å². The van der Waals surface area contributed by atoms with E-state index in [-0.39, 0.29) is 29.4 Å². The lowest BCUT2D eigenvalue weighted by Gasteiger charge is -2.11. The number of hydrogen-bond acceptors (Lipinski definition) is 6. The Bertz CT molecular complexity index is 1280. The minimum atomic E-state index is -3.69. The number of rotatable bonds is 12. The Kier molecular flexibility index (Phi) is 10.8. The van der Waals surface area contributed by atoms with Gasteiger partial charge >= 0.3 is 5.97 Å². The van der Waals surface area contributed by atoms with Crippen LogP contribution < -0.4 is 15.4 Å². The highest BCUT2D eigenvalue weighted by Crippen LogP contribution is 2.14. The summed E-state index contributed by atoms with van der Waals surface area (Å²) in [5.74, 6) is -0.872. The van der Waals surface area contributed by atoms with Crippen molar-refractivity contribution >= 4 is 44.9 Å². The topological polar surface area (TPSA) is 114 Å². The molecule has 3 rings (SSSR count). The number of amides is 1. The molecule has 0 aromatic heterocycles. The van der Waals surface area contributed by atoms with E-state index in [1.807, 2.05) is 60.7 Å². The van der Waals surface area contributed by atoms with Gasteiger partial charge in [-0.3, -0.25) is 9.59 Å². The summed E-state index contributed by atoms with van der Waals surface area (Å²) in [6, 6.07) is 25.1. The Morgan fingerprint density at radius 2 is 1.43 bits per heavy atom. The van der Waals surface area contributed by atoms with Crippen LogP contribution in [-0.4, -0.2) is 32.0 Å². The van der Waals surface area contributed by atoms with E-state index in [0.29, 0.717) is 18.7 Å². The number of nitrogens with one attached hydrogen (secondary N) is 3. The van der Waals surface area contributed by atoms with E-state index in [9.17, 15) is 18.0 Å². The maximum absolute atomic E-state index is 12.5. The number of thiocarbonyl (C=S) groups is 1. The number of hydrogen-bond donors (Lipinski definition) is 3. The third-order valence-corrected chi connectivity index (χ3v) is 6.88. The maximum Gasteiger partial charge on any atom is 0.306 e. The molecule has 0 spiro atoms. The van der Waals surface area contributed by atoms with Gasteiger partial charge in [0.1, 0.15) is 0 Å². The summed E-state index contributed by atoms with van der Waals surface area (Å²) in [6.45, 7) is 0.476. The highest BCUT2D eigenvalue weighted by atomic mass is 32.2. The molecule has 0 bridgehead atoms. The molecule has 0 heterocycles. The van der Waals surface area contributed by atoms with Crippen LogP contribution in [-0.2, 0) is 37.3 Å². The smallest absolute Gasteiger partial charge is 0.306 e. The van der Waals surface area contributed by atoms with Gasteiger partial charge in [-0.15, -0.1) is 0 Å². The lowest BCUT2D eigenvalue weighted by Crippen LogP contribution is -2.34. The number of aryl methyl sites for hydroxylation is 1. The Hall–Kier alpha value is -3.60. The van der Waals surface area contributed by atoms with Crippen LogP contribution in [0.15, 0.2) is 89.8 Å². The van der Waals surface area contributed by atoms with Crippen molar-refractivity contribution in [1.29, 1.82) is 0 Å². The van der Waals surface area contributed by atoms with Crippen molar-refractivity contribution in [3.63, 3.8) is 0 Å². The molecule has 37 heavy (non-hydrogen) atoms. The van der Waals surface area contributed by atoms with Gasteiger partial charge in [0.25, 0.3) is 0 Å². The first-order chi connectivity index (χ1) is 17.8. The number of anilines is 1. The zero-order valence-electron chi connectivity index (χ0n) is 20.2. The van der Waals surface area contributed by atoms with Crippen molar-refractivity contribution in [3.8, 4) is 0 Å². The van der Waals surface area contributed by atoms with Gasteiger partial charge in [-0.25, -0.2) is 13.1 Å². The second kappa shape index (κ2) is 14.2. The fourth-order valence-corrected chi connectivity index (χ4v) is 4.57. The summed E-state index contributed by atoms with van der Waals surface area (Å²) < 4.78 is 32.7. The van der Waals surface area contributed by atoms with Crippen molar-refractivity contribution in [3.05, 3.63) is 96.1 Å². The summed E-state index contributed by atoms with van der Waals surface area (Å²) in [4.78, 5) is 24.1. The fourth-order valence-electron chi connectivity index (χ4n) is 3.32. The van der Waals surface area contributed by atoms with Crippen LogP contribution in [0.5, 0.6) is 0 Å². The standard InChI is InChI=1S/C27H29N3O5S2/c31-25(17-18-26(32)35-19-7-12-21-8-3-1-4-9-21)30-27(36)29-23-13-15-24(16-14-23)37(33,34)28-20-22-10-5-2-6-11-22/h1-6,8-11,13-16,28H,7,12,17-20H2,(H2,29,30,31,36). The molecule has 0 aliphatic carbocycles. The molecule has 0 aliphatic heterocycles. The van der Waals surface area contributed by atoms with Gasteiger partial charge in [-0.05, 0) is 60.5 Å². The summed E-state index contributed by atoms with van der Waals surface area (Å²) in [7, 11) is -3.69. The maximum atomic E-state index is 12.5. The van der Waals surface area contributed by atoms with E-state index in [1.165, 1.54) is 17.7 Å². The van der Waals surface area contributed by atoms with E-state index >= 15 is 0 Å². The lowest BCUT2D eigenvalue weighted by atomic mass is 10.1. The highest BCUT2D eigenvalue weighted by molar-refractivity contribution is 7.89. The van der Waals surface area contributed by atoms with Crippen molar-refractivity contribution in [2.45, 2.75) is 37.1 Å². The number of carbonyl (C=O) groups excluding carboxylic acids is 2. The summed E-state index contributed by atoms with van der Waals surface area (Å²) >= 11 is 5.14. The van der Waals surface area contributed by atoms with Crippen LogP contribution in [0.2, 0.25) is 0 Å². The zero-order valence-corrected chi connectivity index (χ0v) is 21.8. The highest BCUT2D eigenvalue weighted by Gasteiger charge is 2.14. The monoisotopic (exact) mass is 539 g/mol. The molecule has 3 aromatic rings. The number of sulfonamides is 1. The van der Waals surface area contributed by atoms with E-state index in [4.69, 9.17) is 17.0 Å². The van der Waals surface area contributed by atoms with Gasteiger partial charge in [-0.2, -0.15) is 0 Å². The molecular weight excluding hydrogens is 510 g/mol. The molecule has 3 aromatic carbocycles. The number of esters is 1. The van der Waals surface area contributed by atoms with Crippen molar-refractivity contribution in [1.82, 2.24) is 10.0 Å². The Balaban J connectivity index is 1.34. The molecule has 0 fully saturated rings. The molecule has 0 saturated heterocycles. The Morgan fingerprint density at radius 1 is 0.811 bits per heavy atom. The molecule has 0 aliphatic rings. The predicted molar refractivity (Wildman–Crippen MR) is 146 cm³/mol. The van der Waals surface area contributed by atoms with E-state index in [2.05, 4.69) is 15.4 Å². The van der Waals surface area contributed by atoms with Crippen molar-refractivity contribution in [2.24, 2.45) is 0 Å². The zero-order chi connectivity index (χ0) is 26.5. The van der Waals surface area contributed by atoms with Gasteiger partial charge in [0, 0.05) is 18.7 Å². The molecule has 0 unspecified atom stereocenters. The first-order valence-electron chi connectivity index (χ1n) is 11.8. The number of benzene rings is 3. The van der Waals surface area contributed by atoms with Gasteiger partial charge in [0.15, 0.2) is 5.11 Å². The van der Waals surface area contributed by atoms with Crippen LogP contribution in [0.4, 0.5) is 5.69 Å². The first kappa shape index (κ1) is 28.0. The third kappa shape index (κ3) is 10.1. The molecular formula is C27H29N3O5S2.